The minimum Gasteiger partial charge on any atom is -0.384 e. The predicted octanol–water partition coefficient (Wildman–Crippen LogP) is 3.13. The fourth-order valence-electron chi connectivity index (χ4n) is 2.62. The van der Waals surface area contributed by atoms with Crippen molar-refractivity contribution in [3.8, 4) is 0 Å². The number of nitrogens with two attached hydrogens (primary N) is 1. The molecular weight excluding hydrogens is 318 g/mol. The summed E-state index contributed by atoms with van der Waals surface area (Å²) in [6.07, 6.45) is 3.55. The molecule has 1 heterocycles. The normalized spacial score (nSPS) is 19.1. The summed E-state index contributed by atoms with van der Waals surface area (Å²) in [4.78, 5) is 2.28. The van der Waals surface area contributed by atoms with Gasteiger partial charge in [0.25, 0.3) is 0 Å². The number of halogens is 1. The number of rotatable bonds is 5. The molecule has 1 aliphatic heterocycles. The molecule has 1 atom stereocenters. The highest BCUT2D eigenvalue weighted by atomic mass is 79.9. The van der Waals surface area contributed by atoms with E-state index in [0.29, 0.717) is 0 Å². The molecule has 2 rings (SSSR count). The molecule has 0 spiro atoms. The van der Waals surface area contributed by atoms with Crippen molar-refractivity contribution in [3.05, 3.63) is 28.2 Å². The summed E-state index contributed by atoms with van der Waals surface area (Å²) in [6, 6.07) is 5.95. The average molecular weight is 340 g/mol. The van der Waals surface area contributed by atoms with Crippen LogP contribution in [0.2, 0.25) is 0 Å². The summed E-state index contributed by atoms with van der Waals surface area (Å²) in [6.45, 7) is 4.80. The first kappa shape index (κ1) is 15.3. The third-order valence-corrected chi connectivity index (χ3v) is 4.20. The Balaban J connectivity index is 2.18. The molecule has 4 nitrogen and oxygen atoms in total. The van der Waals surface area contributed by atoms with E-state index in [2.05, 4.69) is 27.8 Å². The topological polar surface area (TPSA) is 62.3 Å². The predicted molar refractivity (Wildman–Crippen MR) is 86.6 cm³/mol. The molecule has 1 aromatic rings. The summed E-state index contributed by atoms with van der Waals surface area (Å²) in [5.41, 5.74) is 7.54. The Labute approximate surface area is 128 Å². The van der Waals surface area contributed by atoms with Crippen molar-refractivity contribution in [2.45, 2.75) is 32.3 Å². The number of hydrogen-bond acceptors (Lipinski definition) is 3. The molecule has 0 amide bonds. The second-order valence-electron chi connectivity index (χ2n) is 5.13. The summed E-state index contributed by atoms with van der Waals surface area (Å²) >= 11 is 3.49. The van der Waals surface area contributed by atoms with Crippen LogP contribution in [-0.4, -0.2) is 31.6 Å². The first-order chi connectivity index (χ1) is 9.63. The van der Waals surface area contributed by atoms with Crippen molar-refractivity contribution >= 4 is 27.5 Å². The second kappa shape index (κ2) is 7.09. The average Bonchev–Trinajstić information content (AvgIpc) is 2.44. The lowest BCUT2D eigenvalue weighted by atomic mass is 10.0. The maximum atomic E-state index is 7.79. The fourth-order valence-corrected chi connectivity index (χ4v) is 3.19. The lowest BCUT2D eigenvalue weighted by molar-refractivity contribution is 0.0440. The summed E-state index contributed by atoms with van der Waals surface area (Å²) in [7, 11) is 0. The van der Waals surface area contributed by atoms with Crippen molar-refractivity contribution in [2.75, 3.05) is 24.6 Å². The quantitative estimate of drug-likeness (QED) is 0.639. The van der Waals surface area contributed by atoms with Crippen LogP contribution in [0.1, 0.15) is 31.7 Å². The van der Waals surface area contributed by atoms with E-state index >= 15 is 0 Å². The third-order valence-electron chi connectivity index (χ3n) is 3.54. The Morgan fingerprint density at radius 1 is 1.55 bits per heavy atom. The maximum Gasteiger partial charge on any atom is 0.126 e. The fraction of sp³-hybridized carbons (Fsp3) is 0.533. The van der Waals surface area contributed by atoms with Gasteiger partial charge in [0, 0.05) is 29.9 Å². The Kier molecular flexibility index (Phi) is 5.43. The first-order valence-corrected chi connectivity index (χ1v) is 7.92. The van der Waals surface area contributed by atoms with Crippen LogP contribution in [0.4, 0.5) is 5.69 Å². The number of nitrogens with one attached hydrogen (secondary N) is 1. The number of benzene rings is 1. The van der Waals surface area contributed by atoms with Gasteiger partial charge in [0.05, 0.1) is 11.7 Å². The Bertz CT molecular complexity index is 478. The van der Waals surface area contributed by atoms with Crippen molar-refractivity contribution in [2.24, 2.45) is 5.73 Å². The minimum absolute atomic E-state index is 0.101. The van der Waals surface area contributed by atoms with Crippen LogP contribution >= 0.6 is 15.9 Å². The number of ether oxygens (including phenoxy) is 1. The van der Waals surface area contributed by atoms with Crippen molar-refractivity contribution in [1.29, 1.82) is 5.41 Å². The SMILES string of the molecule is CCCOC1CCCN(c2cccc(Br)c2C(=N)N)C1. The van der Waals surface area contributed by atoms with Gasteiger partial charge in [0.15, 0.2) is 0 Å². The van der Waals surface area contributed by atoms with E-state index in [0.717, 1.165) is 54.7 Å². The number of nitrogens with zero attached hydrogens (tertiary/aromatic N) is 1. The zero-order chi connectivity index (χ0) is 14.5. The molecule has 1 fully saturated rings. The molecule has 20 heavy (non-hydrogen) atoms. The highest BCUT2D eigenvalue weighted by molar-refractivity contribution is 9.10. The summed E-state index contributed by atoms with van der Waals surface area (Å²) in [5.74, 6) is 0.101. The van der Waals surface area contributed by atoms with Crippen molar-refractivity contribution in [1.82, 2.24) is 0 Å². The van der Waals surface area contributed by atoms with Gasteiger partial charge in [-0.1, -0.05) is 13.0 Å². The van der Waals surface area contributed by atoms with Gasteiger partial charge >= 0.3 is 0 Å². The van der Waals surface area contributed by atoms with Gasteiger partial charge in [0.2, 0.25) is 0 Å². The van der Waals surface area contributed by atoms with E-state index in [-0.39, 0.29) is 11.9 Å². The zero-order valence-corrected chi connectivity index (χ0v) is 13.4. The Morgan fingerprint density at radius 3 is 3.05 bits per heavy atom. The smallest absolute Gasteiger partial charge is 0.126 e. The van der Waals surface area contributed by atoms with Gasteiger partial charge in [0.1, 0.15) is 5.84 Å². The number of amidine groups is 1. The van der Waals surface area contributed by atoms with Gasteiger partial charge < -0.3 is 15.4 Å². The molecule has 3 N–H and O–H groups in total. The van der Waals surface area contributed by atoms with Crippen LogP contribution < -0.4 is 10.6 Å². The van der Waals surface area contributed by atoms with E-state index < -0.39 is 0 Å². The summed E-state index contributed by atoms with van der Waals surface area (Å²) < 4.78 is 6.75. The molecule has 1 aliphatic rings. The summed E-state index contributed by atoms with van der Waals surface area (Å²) in [5, 5.41) is 7.79. The number of nitrogen functional groups attached to an aromatic ring is 1. The van der Waals surface area contributed by atoms with Crippen LogP contribution in [0, 0.1) is 5.41 Å². The molecule has 1 aromatic carbocycles. The van der Waals surface area contributed by atoms with Crippen molar-refractivity contribution in [3.63, 3.8) is 0 Å². The van der Waals surface area contributed by atoms with E-state index in [4.69, 9.17) is 15.9 Å². The highest BCUT2D eigenvalue weighted by Gasteiger charge is 2.23. The molecule has 1 unspecified atom stereocenters. The molecule has 0 aliphatic carbocycles. The van der Waals surface area contributed by atoms with Crippen LogP contribution in [0.5, 0.6) is 0 Å². The van der Waals surface area contributed by atoms with Gasteiger partial charge in [-0.2, -0.15) is 0 Å². The molecule has 5 heteroatoms. The number of hydrogen-bond donors (Lipinski definition) is 2. The number of anilines is 1. The maximum absolute atomic E-state index is 7.79. The second-order valence-corrected chi connectivity index (χ2v) is 5.98. The molecule has 0 bridgehead atoms. The molecule has 0 aromatic heterocycles. The lowest BCUT2D eigenvalue weighted by Crippen LogP contribution is -2.40. The van der Waals surface area contributed by atoms with Crippen LogP contribution in [0.3, 0.4) is 0 Å². The number of piperidine rings is 1. The Hall–Kier alpha value is -1.07. The highest BCUT2D eigenvalue weighted by Crippen LogP contribution is 2.30. The van der Waals surface area contributed by atoms with Gasteiger partial charge in [-0.3, -0.25) is 5.41 Å². The monoisotopic (exact) mass is 339 g/mol. The van der Waals surface area contributed by atoms with E-state index in [1.54, 1.807) is 0 Å². The van der Waals surface area contributed by atoms with E-state index in [1.165, 1.54) is 0 Å². The van der Waals surface area contributed by atoms with Crippen LogP contribution in [0.15, 0.2) is 22.7 Å². The van der Waals surface area contributed by atoms with Crippen molar-refractivity contribution < 1.29 is 4.74 Å². The van der Waals surface area contributed by atoms with Gasteiger partial charge in [-0.05, 0) is 47.3 Å². The van der Waals surface area contributed by atoms with E-state index in [9.17, 15) is 0 Å². The van der Waals surface area contributed by atoms with Crippen LogP contribution in [-0.2, 0) is 4.74 Å². The van der Waals surface area contributed by atoms with Gasteiger partial charge in [-0.15, -0.1) is 0 Å². The lowest BCUT2D eigenvalue weighted by Gasteiger charge is -2.35. The molecule has 110 valence electrons. The largest absolute Gasteiger partial charge is 0.384 e. The molecule has 1 saturated heterocycles. The molecular formula is C15H22BrN3O. The molecule has 0 radical (unpaired) electrons. The Morgan fingerprint density at radius 2 is 2.35 bits per heavy atom. The van der Waals surface area contributed by atoms with Crippen LogP contribution in [0.25, 0.3) is 0 Å². The van der Waals surface area contributed by atoms with Gasteiger partial charge in [-0.25, -0.2) is 0 Å². The minimum atomic E-state index is 0.101. The van der Waals surface area contributed by atoms with E-state index in [1.807, 2.05) is 18.2 Å². The first-order valence-electron chi connectivity index (χ1n) is 7.13. The third kappa shape index (κ3) is 3.52. The zero-order valence-electron chi connectivity index (χ0n) is 11.9. The molecule has 0 saturated carbocycles. The standard InChI is InChI=1S/C15H22BrN3O/c1-2-9-20-11-5-4-8-19(10-11)13-7-3-6-12(16)14(13)15(17)18/h3,6-7,11H,2,4-5,8-10H2,1H3,(H3,17,18).